The highest BCUT2D eigenvalue weighted by atomic mass is 32.2. The Bertz CT molecular complexity index is 682. The Morgan fingerprint density at radius 1 is 1.00 bits per heavy atom. The first-order chi connectivity index (χ1) is 8.68. The van der Waals surface area contributed by atoms with Crippen LogP contribution in [0.5, 0.6) is 0 Å². The fourth-order valence-corrected chi connectivity index (χ4v) is 4.66. The molecule has 0 aliphatic heterocycles. The fraction of sp³-hybridized carbons (Fsp3) is 0.231. The Balaban J connectivity index is 2.36. The van der Waals surface area contributed by atoms with Gasteiger partial charge in [-0.3, -0.25) is 0 Å². The molecule has 0 aliphatic carbocycles. The van der Waals surface area contributed by atoms with E-state index in [2.05, 4.69) is 31.8 Å². The Kier molecular flexibility index (Phi) is 3.70. The number of sulfonamides is 1. The predicted octanol–water partition coefficient (Wildman–Crippen LogP) is 2.61. The van der Waals surface area contributed by atoms with Crippen LogP contribution in [-0.4, -0.2) is 16.5 Å². The zero-order chi connectivity index (χ0) is 14.3. The molecule has 6 heteroatoms. The smallest absolute Gasteiger partial charge is 0.224 e. The van der Waals surface area contributed by atoms with Crippen LogP contribution in [0.25, 0.3) is 10.4 Å². The maximum absolute atomic E-state index is 11.3. The quantitative estimate of drug-likeness (QED) is 0.886. The third-order valence-electron chi connectivity index (χ3n) is 2.90. The van der Waals surface area contributed by atoms with Gasteiger partial charge in [-0.15, -0.1) is 11.3 Å². The summed E-state index contributed by atoms with van der Waals surface area (Å²) in [4.78, 5) is 0.922. The lowest BCUT2D eigenvalue weighted by Gasteiger charge is -2.16. The molecule has 1 aromatic carbocycles. The van der Waals surface area contributed by atoms with Crippen LogP contribution in [0.2, 0.25) is 19.6 Å². The molecule has 1 aromatic heterocycles. The van der Waals surface area contributed by atoms with Crippen molar-refractivity contribution in [1.29, 1.82) is 0 Å². The molecule has 2 aromatic rings. The summed E-state index contributed by atoms with van der Waals surface area (Å²) in [7, 11) is -4.89. The number of thiophene rings is 1. The van der Waals surface area contributed by atoms with Crippen LogP contribution in [-0.2, 0) is 10.0 Å². The third kappa shape index (κ3) is 3.33. The van der Waals surface area contributed by atoms with Crippen LogP contribution in [0.3, 0.4) is 0 Å². The van der Waals surface area contributed by atoms with Crippen molar-refractivity contribution in [3.05, 3.63) is 36.4 Å². The van der Waals surface area contributed by atoms with Crippen molar-refractivity contribution >= 4 is 34.6 Å². The number of hydrogen-bond acceptors (Lipinski definition) is 3. The second-order valence-electron chi connectivity index (χ2n) is 5.49. The Morgan fingerprint density at radius 2 is 1.58 bits per heavy atom. The molecule has 2 N–H and O–H groups in total. The summed E-state index contributed by atoms with van der Waals surface area (Å²) in [6.45, 7) is 6.89. The first kappa shape index (κ1) is 14.5. The van der Waals surface area contributed by atoms with Gasteiger partial charge in [0.05, 0.1) is 8.07 Å². The summed E-state index contributed by atoms with van der Waals surface area (Å²) in [6, 6.07) is 11.7. The maximum atomic E-state index is 11.3. The van der Waals surface area contributed by atoms with Gasteiger partial charge in [0.1, 0.15) is 4.21 Å². The minimum Gasteiger partial charge on any atom is -0.224 e. The highest BCUT2D eigenvalue weighted by Crippen LogP contribution is 2.29. The van der Waals surface area contributed by atoms with Crippen molar-refractivity contribution in [2.75, 3.05) is 0 Å². The van der Waals surface area contributed by atoms with E-state index in [1.807, 2.05) is 12.1 Å². The van der Waals surface area contributed by atoms with Crippen molar-refractivity contribution in [2.45, 2.75) is 23.9 Å². The topological polar surface area (TPSA) is 60.2 Å². The lowest BCUT2D eigenvalue weighted by atomic mass is 10.2. The summed E-state index contributed by atoms with van der Waals surface area (Å²) < 4.78 is 22.7. The molecule has 0 amide bonds. The molecule has 0 bridgehead atoms. The predicted molar refractivity (Wildman–Crippen MR) is 84.1 cm³/mol. The zero-order valence-electron chi connectivity index (χ0n) is 11.2. The molecule has 19 heavy (non-hydrogen) atoms. The molecule has 3 nitrogen and oxygen atoms in total. The van der Waals surface area contributed by atoms with Gasteiger partial charge in [-0.1, -0.05) is 49.1 Å². The SMILES string of the molecule is C[Si](C)(C)c1ccc(-c2ccc(S(N)(=O)=O)s2)cc1. The lowest BCUT2D eigenvalue weighted by Crippen LogP contribution is -2.37. The molecule has 1 heterocycles. The van der Waals surface area contributed by atoms with Crippen molar-refractivity contribution < 1.29 is 8.42 Å². The minimum atomic E-state index is -3.60. The van der Waals surface area contributed by atoms with Gasteiger partial charge < -0.3 is 0 Å². The highest BCUT2D eigenvalue weighted by Gasteiger charge is 2.16. The summed E-state index contributed by atoms with van der Waals surface area (Å²) in [5.74, 6) is 0. The van der Waals surface area contributed by atoms with E-state index >= 15 is 0 Å². The van der Waals surface area contributed by atoms with Crippen LogP contribution >= 0.6 is 11.3 Å². The van der Waals surface area contributed by atoms with Crippen LogP contribution in [0.1, 0.15) is 0 Å². The second kappa shape index (κ2) is 4.86. The molecule has 0 saturated carbocycles. The Hall–Kier alpha value is -0.953. The van der Waals surface area contributed by atoms with Gasteiger partial charge in [0.2, 0.25) is 10.0 Å². The molecule has 102 valence electrons. The van der Waals surface area contributed by atoms with Crippen LogP contribution in [0, 0.1) is 0 Å². The molecule has 0 aliphatic rings. The Labute approximate surface area is 119 Å². The monoisotopic (exact) mass is 311 g/mol. The first-order valence-corrected chi connectivity index (χ1v) is 11.8. The number of rotatable bonds is 3. The van der Waals surface area contributed by atoms with Crippen LogP contribution in [0.4, 0.5) is 0 Å². The van der Waals surface area contributed by atoms with E-state index < -0.39 is 18.1 Å². The Morgan fingerprint density at radius 3 is 2.00 bits per heavy atom. The summed E-state index contributed by atoms with van der Waals surface area (Å²) in [6.07, 6.45) is 0. The van der Waals surface area contributed by atoms with Crippen LogP contribution in [0.15, 0.2) is 40.6 Å². The number of benzene rings is 1. The van der Waals surface area contributed by atoms with Crippen LogP contribution < -0.4 is 10.3 Å². The van der Waals surface area contributed by atoms with Gasteiger partial charge in [-0.2, -0.15) is 0 Å². The van der Waals surface area contributed by atoms with Gasteiger partial charge in [0.25, 0.3) is 0 Å². The summed E-state index contributed by atoms with van der Waals surface area (Å²) in [5.41, 5.74) is 1.03. The van der Waals surface area contributed by atoms with E-state index in [1.54, 1.807) is 12.1 Å². The zero-order valence-corrected chi connectivity index (χ0v) is 13.8. The van der Waals surface area contributed by atoms with Crippen molar-refractivity contribution in [3.63, 3.8) is 0 Å². The van der Waals surface area contributed by atoms with Gasteiger partial charge in [0.15, 0.2) is 0 Å². The van der Waals surface area contributed by atoms with Gasteiger partial charge >= 0.3 is 0 Å². The maximum Gasteiger partial charge on any atom is 0.247 e. The first-order valence-electron chi connectivity index (χ1n) is 5.91. The highest BCUT2D eigenvalue weighted by molar-refractivity contribution is 7.91. The molecule has 0 fully saturated rings. The summed E-state index contributed by atoms with van der Waals surface area (Å²) >= 11 is 1.20. The molecule has 2 rings (SSSR count). The van der Waals surface area contributed by atoms with Crippen molar-refractivity contribution in [3.8, 4) is 10.4 Å². The summed E-state index contributed by atoms with van der Waals surface area (Å²) in [5, 5.41) is 6.51. The standard InChI is InChI=1S/C13H17NO2S2Si/c1-19(2,3)11-6-4-10(5-7-11)12-8-9-13(17-12)18(14,15)16/h4-9H,1-3H3,(H2,14,15,16). The molecule has 0 spiro atoms. The third-order valence-corrected chi connectivity index (χ3v) is 7.54. The average Bonchev–Trinajstić information content (AvgIpc) is 2.77. The van der Waals surface area contributed by atoms with E-state index in [0.29, 0.717) is 0 Å². The van der Waals surface area contributed by atoms with Crippen molar-refractivity contribution in [1.82, 2.24) is 0 Å². The largest absolute Gasteiger partial charge is 0.247 e. The molecular weight excluding hydrogens is 294 g/mol. The van der Waals surface area contributed by atoms with E-state index in [-0.39, 0.29) is 4.21 Å². The van der Waals surface area contributed by atoms with Gasteiger partial charge in [-0.05, 0) is 17.7 Å². The van der Waals surface area contributed by atoms with Gasteiger partial charge in [0, 0.05) is 4.88 Å². The van der Waals surface area contributed by atoms with E-state index in [0.717, 1.165) is 10.4 Å². The molecule has 0 unspecified atom stereocenters. The molecule has 0 saturated heterocycles. The van der Waals surface area contributed by atoms with E-state index in [1.165, 1.54) is 16.5 Å². The van der Waals surface area contributed by atoms with Crippen molar-refractivity contribution in [2.24, 2.45) is 5.14 Å². The number of nitrogens with two attached hydrogens (primary N) is 1. The van der Waals surface area contributed by atoms with Gasteiger partial charge in [-0.25, -0.2) is 13.6 Å². The number of hydrogen-bond donors (Lipinski definition) is 1. The molecule has 0 radical (unpaired) electrons. The number of primary sulfonamides is 1. The second-order valence-corrected chi connectivity index (χ2v) is 13.4. The minimum absolute atomic E-state index is 0.205. The normalized spacial score (nSPS) is 12.6. The van der Waals surface area contributed by atoms with E-state index in [4.69, 9.17) is 5.14 Å². The molecule has 0 atom stereocenters. The van der Waals surface area contributed by atoms with E-state index in [9.17, 15) is 8.42 Å². The molecular formula is C13H17NO2S2Si. The fourth-order valence-electron chi connectivity index (χ4n) is 1.76. The lowest BCUT2D eigenvalue weighted by molar-refractivity contribution is 0.600. The average molecular weight is 312 g/mol.